The van der Waals surface area contributed by atoms with Crippen LogP contribution in [-0.2, 0) is 4.79 Å². The van der Waals surface area contributed by atoms with Gasteiger partial charge in [0.05, 0.1) is 0 Å². The third kappa shape index (κ3) is 2.68. The molecule has 1 atom stereocenters. The van der Waals surface area contributed by atoms with Crippen LogP contribution in [0.5, 0.6) is 0 Å². The Kier molecular flexibility index (Phi) is 3.98. The van der Waals surface area contributed by atoms with Gasteiger partial charge in [-0.25, -0.2) is 0 Å². The number of allylic oxidation sites excluding steroid dienone is 2. The first-order valence-corrected chi connectivity index (χ1v) is 8.01. The van der Waals surface area contributed by atoms with Gasteiger partial charge in [-0.05, 0) is 41.7 Å². The monoisotopic (exact) mass is 294 g/mol. The zero-order valence-corrected chi connectivity index (χ0v) is 13.1. The van der Waals surface area contributed by atoms with Crippen molar-refractivity contribution < 1.29 is 4.79 Å². The average Bonchev–Trinajstić information content (AvgIpc) is 2.52. The Hall–Kier alpha value is -1.80. The van der Waals surface area contributed by atoms with Crippen LogP contribution >= 0.6 is 11.8 Å². The van der Waals surface area contributed by atoms with Gasteiger partial charge in [-0.3, -0.25) is 4.79 Å². The molecule has 106 valence electrons. The van der Waals surface area contributed by atoms with Gasteiger partial charge in [-0.2, -0.15) is 0 Å². The van der Waals surface area contributed by atoms with Crippen molar-refractivity contribution in [3.63, 3.8) is 0 Å². The number of benzene rings is 2. The molecule has 1 aliphatic rings. The first-order chi connectivity index (χ1) is 10.2. The van der Waals surface area contributed by atoms with E-state index in [2.05, 4.69) is 61.5 Å². The van der Waals surface area contributed by atoms with Crippen molar-refractivity contribution in [3.05, 3.63) is 71.3 Å². The van der Waals surface area contributed by atoms with Crippen molar-refractivity contribution in [3.8, 4) is 0 Å². The molecule has 1 aliphatic heterocycles. The molecule has 0 fully saturated rings. The molecule has 0 amide bonds. The minimum absolute atomic E-state index is 0.290. The van der Waals surface area contributed by atoms with Crippen LogP contribution in [0.1, 0.15) is 30.9 Å². The lowest BCUT2D eigenvalue weighted by atomic mass is 9.80. The molecule has 0 saturated heterocycles. The average molecular weight is 294 g/mol. The van der Waals surface area contributed by atoms with Crippen LogP contribution in [0.4, 0.5) is 0 Å². The minimum atomic E-state index is 0.290. The fraction of sp³-hybridized carbons (Fsp3) is 0.211. The molecule has 2 aromatic rings. The van der Waals surface area contributed by atoms with E-state index in [1.807, 2.05) is 18.7 Å². The molecule has 0 aliphatic carbocycles. The van der Waals surface area contributed by atoms with E-state index in [1.165, 1.54) is 20.9 Å². The number of hydrogen-bond donors (Lipinski definition) is 0. The number of fused-ring (bicyclic) bond motifs is 2. The second-order valence-electron chi connectivity index (χ2n) is 5.54. The van der Waals surface area contributed by atoms with E-state index in [4.69, 9.17) is 0 Å². The number of carbonyl (C=O) groups is 1. The van der Waals surface area contributed by atoms with Crippen LogP contribution in [0.25, 0.3) is 0 Å². The molecule has 0 spiro atoms. The van der Waals surface area contributed by atoms with E-state index in [0.29, 0.717) is 11.8 Å². The summed E-state index contributed by atoms with van der Waals surface area (Å²) < 4.78 is 0. The van der Waals surface area contributed by atoms with Gasteiger partial charge in [0, 0.05) is 15.7 Å². The quantitative estimate of drug-likeness (QED) is 0.581. The second-order valence-corrected chi connectivity index (χ2v) is 6.63. The molecule has 0 aromatic heterocycles. The van der Waals surface area contributed by atoms with Gasteiger partial charge >= 0.3 is 0 Å². The summed E-state index contributed by atoms with van der Waals surface area (Å²) in [4.78, 5) is 13.6. The van der Waals surface area contributed by atoms with E-state index in [-0.39, 0.29) is 0 Å². The SMILES string of the molecule is C/C(C=O)=C\[C@H](C)C1c2ccccc2Sc2ccccc21. The lowest BCUT2D eigenvalue weighted by Crippen LogP contribution is -2.15. The number of aldehydes is 1. The van der Waals surface area contributed by atoms with E-state index in [1.54, 1.807) is 0 Å². The van der Waals surface area contributed by atoms with E-state index < -0.39 is 0 Å². The summed E-state index contributed by atoms with van der Waals surface area (Å²) in [5.41, 5.74) is 3.53. The topological polar surface area (TPSA) is 17.1 Å². The van der Waals surface area contributed by atoms with Gasteiger partial charge in [0.1, 0.15) is 6.29 Å². The Balaban J connectivity index is 2.12. The highest BCUT2D eigenvalue weighted by Gasteiger charge is 2.28. The van der Waals surface area contributed by atoms with Crippen molar-refractivity contribution in [2.24, 2.45) is 5.92 Å². The van der Waals surface area contributed by atoms with Gasteiger partial charge in [0.15, 0.2) is 0 Å². The zero-order valence-electron chi connectivity index (χ0n) is 12.2. The zero-order chi connectivity index (χ0) is 14.8. The van der Waals surface area contributed by atoms with Gasteiger partial charge in [-0.1, -0.05) is 61.2 Å². The molecule has 2 aromatic carbocycles. The predicted molar refractivity (Wildman–Crippen MR) is 87.8 cm³/mol. The van der Waals surface area contributed by atoms with Gasteiger partial charge in [-0.15, -0.1) is 0 Å². The normalized spacial score (nSPS) is 16.0. The van der Waals surface area contributed by atoms with Crippen molar-refractivity contribution in [2.75, 3.05) is 0 Å². The molecular weight excluding hydrogens is 276 g/mol. The summed E-state index contributed by atoms with van der Waals surface area (Å²) >= 11 is 1.84. The third-order valence-electron chi connectivity index (χ3n) is 3.97. The maximum Gasteiger partial charge on any atom is 0.145 e. The summed E-state index contributed by atoms with van der Waals surface area (Å²) in [5, 5.41) is 0. The predicted octanol–water partition coefficient (Wildman–Crippen LogP) is 5.06. The Morgan fingerprint density at radius 1 is 1.05 bits per heavy atom. The van der Waals surface area contributed by atoms with E-state index >= 15 is 0 Å². The number of hydrogen-bond acceptors (Lipinski definition) is 2. The van der Waals surface area contributed by atoms with Crippen molar-refractivity contribution in [1.29, 1.82) is 0 Å². The number of carbonyl (C=O) groups excluding carboxylic acids is 1. The highest BCUT2D eigenvalue weighted by Crippen LogP contribution is 2.48. The molecule has 0 bridgehead atoms. The van der Waals surface area contributed by atoms with Crippen molar-refractivity contribution >= 4 is 18.0 Å². The van der Waals surface area contributed by atoms with Gasteiger partial charge < -0.3 is 0 Å². The van der Waals surface area contributed by atoms with E-state index in [0.717, 1.165) is 11.9 Å². The molecule has 3 rings (SSSR count). The lowest BCUT2D eigenvalue weighted by Gasteiger charge is -2.31. The molecule has 0 N–H and O–H groups in total. The lowest BCUT2D eigenvalue weighted by molar-refractivity contribution is -0.104. The summed E-state index contributed by atoms with van der Waals surface area (Å²) in [6, 6.07) is 17.2. The second kappa shape index (κ2) is 5.90. The minimum Gasteiger partial charge on any atom is -0.298 e. The first kappa shape index (κ1) is 14.2. The molecule has 1 nitrogen and oxygen atoms in total. The van der Waals surface area contributed by atoms with Crippen LogP contribution in [0.3, 0.4) is 0 Å². The highest BCUT2D eigenvalue weighted by atomic mass is 32.2. The van der Waals surface area contributed by atoms with Crippen LogP contribution in [0, 0.1) is 5.92 Å². The Morgan fingerprint density at radius 2 is 1.57 bits per heavy atom. The summed E-state index contributed by atoms with van der Waals surface area (Å²) in [7, 11) is 0. The molecule has 21 heavy (non-hydrogen) atoms. The molecule has 0 saturated carbocycles. The Labute approximate surface area is 130 Å². The first-order valence-electron chi connectivity index (χ1n) is 7.20. The number of rotatable bonds is 3. The largest absolute Gasteiger partial charge is 0.298 e. The Morgan fingerprint density at radius 3 is 2.10 bits per heavy atom. The third-order valence-corrected chi connectivity index (χ3v) is 5.15. The molecule has 1 heterocycles. The van der Waals surface area contributed by atoms with Crippen molar-refractivity contribution in [2.45, 2.75) is 29.6 Å². The standard InChI is InChI=1S/C19H18OS/c1-13(12-20)11-14(2)19-15-7-3-5-9-17(15)21-18-10-6-4-8-16(18)19/h3-12,14,19H,1-2H3/b13-11+/t14-/m0/s1. The highest BCUT2D eigenvalue weighted by molar-refractivity contribution is 7.99. The summed E-state index contributed by atoms with van der Waals surface area (Å²) in [6.45, 7) is 4.07. The van der Waals surface area contributed by atoms with Crippen LogP contribution < -0.4 is 0 Å². The molecular formula is C19H18OS. The summed E-state index contributed by atoms with van der Waals surface area (Å²) in [6.07, 6.45) is 3.02. The van der Waals surface area contributed by atoms with Crippen LogP contribution in [0.2, 0.25) is 0 Å². The van der Waals surface area contributed by atoms with Crippen LogP contribution in [0.15, 0.2) is 70.0 Å². The van der Waals surface area contributed by atoms with Gasteiger partial charge in [0.2, 0.25) is 0 Å². The Bertz CT molecular complexity index is 657. The fourth-order valence-corrected chi connectivity index (χ4v) is 4.22. The maximum absolute atomic E-state index is 10.9. The van der Waals surface area contributed by atoms with Crippen molar-refractivity contribution in [1.82, 2.24) is 0 Å². The van der Waals surface area contributed by atoms with Gasteiger partial charge in [0.25, 0.3) is 0 Å². The summed E-state index contributed by atoms with van der Waals surface area (Å²) in [5.74, 6) is 0.604. The smallest absolute Gasteiger partial charge is 0.145 e. The van der Waals surface area contributed by atoms with Crippen LogP contribution in [-0.4, -0.2) is 6.29 Å². The molecule has 0 unspecified atom stereocenters. The maximum atomic E-state index is 10.9. The molecule has 2 heteroatoms. The van der Waals surface area contributed by atoms with E-state index in [9.17, 15) is 4.79 Å². The molecule has 0 radical (unpaired) electrons. The fourth-order valence-electron chi connectivity index (χ4n) is 3.06.